The molecular formula is C21H21Cl3N4O2S2. The Hall–Kier alpha value is -1.29. The van der Waals surface area contributed by atoms with Crippen molar-refractivity contribution in [3.05, 3.63) is 43.5 Å². The smallest absolute Gasteiger partial charge is 0.234 e. The number of hydrogen-bond acceptors (Lipinski definition) is 6. The molecule has 4 rings (SSSR count). The third kappa shape index (κ3) is 5.61. The Morgan fingerprint density at radius 3 is 2.78 bits per heavy atom. The molecule has 170 valence electrons. The van der Waals surface area contributed by atoms with E-state index in [0.717, 1.165) is 37.3 Å². The highest BCUT2D eigenvalue weighted by atomic mass is 35.5. The lowest BCUT2D eigenvalue weighted by Gasteiger charge is -2.14. The van der Waals surface area contributed by atoms with Gasteiger partial charge in [0.2, 0.25) is 5.91 Å². The Labute approximate surface area is 209 Å². The molecule has 11 heteroatoms. The molecule has 0 saturated carbocycles. The van der Waals surface area contributed by atoms with Crippen molar-refractivity contribution in [2.75, 3.05) is 17.7 Å². The quantitative estimate of drug-likeness (QED) is 0.268. The van der Waals surface area contributed by atoms with Gasteiger partial charge in [0.05, 0.1) is 39.2 Å². The van der Waals surface area contributed by atoms with Gasteiger partial charge in [-0.25, -0.2) is 0 Å². The highest BCUT2D eigenvalue weighted by molar-refractivity contribution is 7.99. The highest BCUT2D eigenvalue weighted by Crippen LogP contribution is 2.33. The van der Waals surface area contributed by atoms with Gasteiger partial charge < -0.3 is 10.1 Å². The number of rotatable bonds is 8. The fourth-order valence-electron chi connectivity index (χ4n) is 3.38. The minimum Gasteiger partial charge on any atom is -0.376 e. The third-order valence-electron chi connectivity index (χ3n) is 5.00. The van der Waals surface area contributed by atoms with Crippen LogP contribution in [0.15, 0.2) is 28.7 Å². The fourth-order valence-corrected chi connectivity index (χ4v) is 5.54. The third-order valence-corrected chi connectivity index (χ3v) is 8.09. The van der Waals surface area contributed by atoms with Gasteiger partial charge in [-0.2, -0.15) is 0 Å². The zero-order valence-corrected chi connectivity index (χ0v) is 21.1. The van der Waals surface area contributed by atoms with Crippen molar-refractivity contribution in [2.24, 2.45) is 0 Å². The summed E-state index contributed by atoms with van der Waals surface area (Å²) in [7, 11) is 0. The number of halogens is 3. The van der Waals surface area contributed by atoms with Gasteiger partial charge in [-0.1, -0.05) is 53.5 Å². The number of anilines is 1. The molecule has 1 aromatic carbocycles. The monoisotopic (exact) mass is 530 g/mol. The number of thioether (sulfide) groups is 1. The Bertz CT molecular complexity index is 1110. The Morgan fingerprint density at radius 2 is 2.06 bits per heavy atom. The van der Waals surface area contributed by atoms with Gasteiger partial charge in [0.1, 0.15) is 0 Å². The van der Waals surface area contributed by atoms with E-state index in [1.807, 2.05) is 0 Å². The van der Waals surface area contributed by atoms with Crippen molar-refractivity contribution in [1.29, 1.82) is 0 Å². The number of nitrogens with zero attached hydrogens (tertiary/aromatic N) is 3. The number of carbonyl (C=O) groups is 1. The van der Waals surface area contributed by atoms with Crippen molar-refractivity contribution in [3.8, 4) is 11.4 Å². The van der Waals surface area contributed by atoms with Crippen LogP contribution in [0.5, 0.6) is 0 Å². The summed E-state index contributed by atoms with van der Waals surface area (Å²) >= 11 is 21.2. The Kier molecular flexibility index (Phi) is 8.02. The summed E-state index contributed by atoms with van der Waals surface area (Å²) in [6.45, 7) is 3.56. The molecule has 1 amide bonds. The van der Waals surface area contributed by atoms with Crippen LogP contribution >= 0.6 is 57.9 Å². The van der Waals surface area contributed by atoms with Crippen LogP contribution < -0.4 is 5.32 Å². The lowest BCUT2D eigenvalue weighted by molar-refractivity contribution is -0.113. The van der Waals surface area contributed by atoms with Crippen molar-refractivity contribution in [2.45, 2.75) is 44.0 Å². The molecule has 1 N–H and O–H groups in total. The van der Waals surface area contributed by atoms with Crippen LogP contribution in [0.2, 0.25) is 15.1 Å². The topological polar surface area (TPSA) is 69.0 Å². The standard InChI is InChI=1S/C21H21Cl3N4O2S2/c1-2-14-6-12(10-31-14)20-26-27-21(28(20)9-13-4-3-5-30-13)32-11-19(29)25-18-8-16(23)15(22)7-17(18)24/h6-8,10,13H,2-5,9,11H2,1H3,(H,25,29). The molecule has 0 spiro atoms. The number of hydrogen-bond donors (Lipinski definition) is 1. The van der Waals surface area contributed by atoms with Gasteiger partial charge in [0.15, 0.2) is 11.0 Å². The first-order chi connectivity index (χ1) is 15.4. The minimum absolute atomic E-state index is 0.122. The zero-order valence-electron chi connectivity index (χ0n) is 17.2. The van der Waals surface area contributed by atoms with Crippen LogP contribution in [0.3, 0.4) is 0 Å². The highest BCUT2D eigenvalue weighted by Gasteiger charge is 2.23. The van der Waals surface area contributed by atoms with Gasteiger partial charge in [-0.15, -0.1) is 21.5 Å². The van der Waals surface area contributed by atoms with E-state index in [2.05, 4.69) is 38.5 Å². The zero-order chi connectivity index (χ0) is 22.7. The van der Waals surface area contributed by atoms with Crippen LogP contribution in [0.4, 0.5) is 5.69 Å². The Morgan fingerprint density at radius 1 is 1.25 bits per heavy atom. The molecule has 1 aliphatic rings. The van der Waals surface area contributed by atoms with Gasteiger partial charge in [0, 0.05) is 22.4 Å². The molecule has 0 bridgehead atoms. The van der Waals surface area contributed by atoms with Crippen LogP contribution in [0, 0.1) is 0 Å². The predicted octanol–water partition coefficient (Wildman–Crippen LogP) is 6.44. The average Bonchev–Trinajstić information content (AvgIpc) is 3.52. The molecule has 6 nitrogen and oxygen atoms in total. The summed E-state index contributed by atoms with van der Waals surface area (Å²) < 4.78 is 7.89. The molecule has 1 unspecified atom stereocenters. The summed E-state index contributed by atoms with van der Waals surface area (Å²) in [6.07, 6.45) is 3.15. The number of aryl methyl sites for hydroxylation is 1. The van der Waals surface area contributed by atoms with Gasteiger partial charge in [-0.3, -0.25) is 9.36 Å². The average molecular weight is 532 g/mol. The Balaban J connectivity index is 1.50. The van der Waals surface area contributed by atoms with Gasteiger partial charge in [-0.05, 0) is 37.5 Å². The molecule has 0 radical (unpaired) electrons. The van der Waals surface area contributed by atoms with E-state index in [9.17, 15) is 4.79 Å². The maximum absolute atomic E-state index is 12.6. The maximum atomic E-state index is 12.6. The second-order valence-electron chi connectivity index (χ2n) is 7.29. The molecule has 3 heterocycles. The number of amides is 1. The molecule has 1 saturated heterocycles. The normalized spacial score (nSPS) is 15.9. The van der Waals surface area contributed by atoms with Gasteiger partial charge in [0.25, 0.3) is 0 Å². The van der Waals surface area contributed by atoms with Crippen molar-refractivity contribution in [3.63, 3.8) is 0 Å². The van der Waals surface area contributed by atoms with E-state index in [4.69, 9.17) is 39.5 Å². The summed E-state index contributed by atoms with van der Waals surface area (Å²) in [5.74, 6) is 0.712. The van der Waals surface area contributed by atoms with E-state index in [-0.39, 0.29) is 17.8 Å². The molecular weight excluding hydrogens is 511 g/mol. The lowest BCUT2D eigenvalue weighted by Crippen LogP contribution is -2.18. The first-order valence-corrected chi connectivity index (χ1v) is 13.1. The summed E-state index contributed by atoms with van der Waals surface area (Å²) in [5, 5.41) is 15.3. The molecule has 0 aliphatic carbocycles. The van der Waals surface area contributed by atoms with Crippen molar-refractivity contribution >= 4 is 69.5 Å². The molecule has 3 aromatic rings. The van der Waals surface area contributed by atoms with Crippen LogP contribution in [0.25, 0.3) is 11.4 Å². The first kappa shape index (κ1) is 23.9. The molecule has 1 aliphatic heterocycles. The SMILES string of the molecule is CCc1cc(-c2nnc(SCC(=O)Nc3cc(Cl)c(Cl)cc3Cl)n2CC2CCCO2)cs1. The maximum Gasteiger partial charge on any atom is 0.234 e. The lowest BCUT2D eigenvalue weighted by atomic mass is 10.2. The van der Waals surface area contributed by atoms with Gasteiger partial charge >= 0.3 is 0 Å². The molecule has 2 aromatic heterocycles. The number of thiophene rings is 1. The predicted molar refractivity (Wildman–Crippen MR) is 133 cm³/mol. The molecule has 32 heavy (non-hydrogen) atoms. The number of nitrogens with one attached hydrogen (secondary N) is 1. The largest absolute Gasteiger partial charge is 0.376 e. The second-order valence-corrected chi connectivity index (χ2v) is 10.4. The summed E-state index contributed by atoms with van der Waals surface area (Å²) in [5.41, 5.74) is 1.45. The van der Waals surface area contributed by atoms with Crippen LogP contribution in [-0.2, 0) is 22.5 Å². The van der Waals surface area contributed by atoms with Crippen molar-refractivity contribution in [1.82, 2.24) is 14.8 Å². The van der Waals surface area contributed by atoms with Crippen molar-refractivity contribution < 1.29 is 9.53 Å². The van der Waals surface area contributed by atoms with E-state index in [0.29, 0.717) is 32.5 Å². The number of ether oxygens (including phenoxy) is 1. The number of aromatic nitrogens is 3. The van der Waals surface area contributed by atoms with Crippen LogP contribution in [0.1, 0.15) is 24.6 Å². The van der Waals surface area contributed by atoms with E-state index in [1.54, 1.807) is 11.3 Å². The van der Waals surface area contributed by atoms with E-state index in [1.165, 1.54) is 28.8 Å². The van der Waals surface area contributed by atoms with Crippen LogP contribution in [-0.4, -0.2) is 39.1 Å². The number of carbonyl (C=O) groups excluding carboxylic acids is 1. The fraction of sp³-hybridized carbons (Fsp3) is 0.381. The van der Waals surface area contributed by atoms with E-state index < -0.39 is 0 Å². The minimum atomic E-state index is -0.229. The first-order valence-electron chi connectivity index (χ1n) is 10.1. The summed E-state index contributed by atoms with van der Waals surface area (Å²) in [6, 6.07) is 5.19. The molecule has 1 atom stereocenters. The van der Waals surface area contributed by atoms with E-state index >= 15 is 0 Å². The molecule has 1 fully saturated rings. The second kappa shape index (κ2) is 10.8. The summed E-state index contributed by atoms with van der Waals surface area (Å²) in [4.78, 5) is 13.9. The number of benzene rings is 1.